The summed E-state index contributed by atoms with van der Waals surface area (Å²) in [6.45, 7) is 1.63. The summed E-state index contributed by atoms with van der Waals surface area (Å²) in [5, 5.41) is 0. The second-order valence-electron chi connectivity index (χ2n) is 4.94. The van der Waals surface area contributed by atoms with Gasteiger partial charge in [0.2, 0.25) is 0 Å². The van der Waals surface area contributed by atoms with Crippen molar-refractivity contribution in [2.45, 2.75) is 44.9 Å². The summed E-state index contributed by atoms with van der Waals surface area (Å²) >= 11 is 0. The van der Waals surface area contributed by atoms with E-state index < -0.39 is 11.6 Å². The number of rotatable bonds is 5. The molecule has 1 aromatic rings. The van der Waals surface area contributed by atoms with Crippen LogP contribution in [0.1, 0.15) is 44.9 Å². The normalized spacial score (nSPS) is 16.8. The van der Waals surface area contributed by atoms with Gasteiger partial charge in [-0.15, -0.1) is 0 Å². The molecule has 0 aromatic heterocycles. The first-order chi connectivity index (χ1) is 8.75. The van der Waals surface area contributed by atoms with Crippen molar-refractivity contribution in [3.05, 3.63) is 36.4 Å². The topological polar surface area (TPSA) is 9.23 Å². The van der Waals surface area contributed by atoms with E-state index in [-0.39, 0.29) is 5.75 Å². The first kappa shape index (κ1) is 13.3. The first-order valence-electron chi connectivity index (χ1n) is 6.69. The first-order valence-corrected chi connectivity index (χ1v) is 6.69. The number of benzene rings is 1. The lowest BCUT2D eigenvalue weighted by Crippen LogP contribution is -2.06. The minimum absolute atomic E-state index is 0.0973. The van der Waals surface area contributed by atoms with Crippen molar-refractivity contribution < 1.29 is 13.5 Å². The van der Waals surface area contributed by atoms with Gasteiger partial charge in [0.25, 0.3) is 0 Å². The number of hydrogen-bond acceptors (Lipinski definition) is 1. The molecule has 0 amide bonds. The van der Waals surface area contributed by atoms with Gasteiger partial charge in [0, 0.05) is 6.07 Å². The fourth-order valence-electron chi connectivity index (χ4n) is 2.50. The van der Waals surface area contributed by atoms with E-state index in [0.29, 0.717) is 0 Å². The standard InChI is InChI=1S/C15H19F2O/c16-13-8-9-15(14(17)11-13)18-10-4-7-12-5-2-1-3-6-12/h8-12H,1-7H2. The van der Waals surface area contributed by atoms with Gasteiger partial charge in [-0.05, 0) is 30.9 Å². The number of hydrogen-bond donors (Lipinski definition) is 0. The van der Waals surface area contributed by atoms with E-state index in [0.717, 1.165) is 24.8 Å². The maximum Gasteiger partial charge on any atom is 0.167 e. The van der Waals surface area contributed by atoms with E-state index in [4.69, 9.17) is 4.74 Å². The lowest BCUT2D eigenvalue weighted by atomic mass is 9.86. The average Bonchev–Trinajstić information content (AvgIpc) is 2.38. The molecular formula is C15H19F2O. The Bertz CT molecular complexity index is 373. The van der Waals surface area contributed by atoms with Crippen LogP contribution in [-0.2, 0) is 0 Å². The fraction of sp³-hybridized carbons (Fsp3) is 0.533. The molecule has 0 atom stereocenters. The number of halogens is 2. The predicted molar refractivity (Wildman–Crippen MR) is 67.1 cm³/mol. The van der Waals surface area contributed by atoms with Crippen LogP contribution < -0.4 is 4.74 Å². The third-order valence-electron chi connectivity index (χ3n) is 3.52. The highest BCUT2D eigenvalue weighted by atomic mass is 19.1. The Morgan fingerprint density at radius 2 is 1.94 bits per heavy atom. The van der Waals surface area contributed by atoms with Crippen molar-refractivity contribution in [1.82, 2.24) is 0 Å². The van der Waals surface area contributed by atoms with Gasteiger partial charge in [-0.25, -0.2) is 8.78 Å². The zero-order chi connectivity index (χ0) is 12.8. The van der Waals surface area contributed by atoms with Crippen LogP contribution in [0.5, 0.6) is 5.75 Å². The smallest absolute Gasteiger partial charge is 0.167 e. The Morgan fingerprint density at radius 1 is 1.17 bits per heavy atom. The number of ether oxygens (including phenoxy) is 1. The van der Waals surface area contributed by atoms with Gasteiger partial charge in [-0.1, -0.05) is 32.1 Å². The minimum atomic E-state index is -0.649. The van der Waals surface area contributed by atoms with Gasteiger partial charge in [0.15, 0.2) is 11.6 Å². The molecule has 1 aromatic carbocycles. The van der Waals surface area contributed by atoms with Gasteiger partial charge < -0.3 is 4.74 Å². The molecule has 1 fully saturated rings. The summed E-state index contributed by atoms with van der Waals surface area (Å²) in [6, 6.07) is 3.36. The van der Waals surface area contributed by atoms with Crippen molar-refractivity contribution in [3.63, 3.8) is 0 Å². The molecule has 1 radical (unpaired) electrons. The molecule has 0 unspecified atom stereocenters. The van der Waals surface area contributed by atoms with Crippen LogP contribution in [0, 0.1) is 24.2 Å². The molecule has 1 nitrogen and oxygen atoms in total. The average molecular weight is 253 g/mol. The molecule has 0 saturated heterocycles. The molecule has 99 valence electrons. The highest BCUT2D eigenvalue weighted by Crippen LogP contribution is 2.28. The Morgan fingerprint density at radius 3 is 2.67 bits per heavy atom. The zero-order valence-electron chi connectivity index (χ0n) is 10.5. The van der Waals surface area contributed by atoms with E-state index in [9.17, 15) is 8.78 Å². The summed E-state index contributed by atoms with van der Waals surface area (Å²) in [7, 11) is 0. The molecule has 2 rings (SSSR count). The Balaban J connectivity index is 1.68. The van der Waals surface area contributed by atoms with Gasteiger partial charge in [0.1, 0.15) is 12.4 Å². The van der Waals surface area contributed by atoms with Crippen molar-refractivity contribution in [3.8, 4) is 5.75 Å². The van der Waals surface area contributed by atoms with Crippen molar-refractivity contribution in [2.75, 3.05) is 0 Å². The monoisotopic (exact) mass is 253 g/mol. The molecule has 0 heterocycles. The van der Waals surface area contributed by atoms with Crippen LogP contribution in [0.25, 0.3) is 0 Å². The molecule has 0 bridgehead atoms. The second-order valence-corrected chi connectivity index (χ2v) is 4.94. The lowest BCUT2D eigenvalue weighted by molar-refractivity contribution is 0.306. The van der Waals surface area contributed by atoms with Crippen molar-refractivity contribution in [1.29, 1.82) is 0 Å². The molecule has 1 aliphatic rings. The predicted octanol–water partition coefficient (Wildman–Crippen LogP) is 4.87. The molecule has 0 N–H and O–H groups in total. The SMILES string of the molecule is Fc1ccc(O[CH]CCC2CCCCC2)c(F)c1. The fourth-order valence-corrected chi connectivity index (χ4v) is 2.50. The van der Waals surface area contributed by atoms with E-state index in [1.165, 1.54) is 44.2 Å². The maximum absolute atomic E-state index is 13.2. The van der Waals surface area contributed by atoms with E-state index in [1.807, 2.05) is 0 Å². The summed E-state index contributed by atoms with van der Waals surface area (Å²) in [5.74, 6) is -0.345. The van der Waals surface area contributed by atoms with E-state index in [2.05, 4.69) is 0 Å². The second kappa shape index (κ2) is 6.72. The molecular weight excluding hydrogens is 234 g/mol. The van der Waals surface area contributed by atoms with Gasteiger partial charge in [0.05, 0.1) is 0 Å². The third-order valence-corrected chi connectivity index (χ3v) is 3.52. The molecule has 0 spiro atoms. The summed E-state index contributed by atoms with van der Waals surface area (Å²) in [4.78, 5) is 0. The van der Waals surface area contributed by atoms with Gasteiger partial charge in [-0.2, -0.15) is 0 Å². The van der Waals surface area contributed by atoms with Crippen LogP contribution in [0.15, 0.2) is 18.2 Å². The van der Waals surface area contributed by atoms with Gasteiger partial charge in [-0.3, -0.25) is 0 Å². The quantitative estimate of drug-likeness (QED) is 0.680. The molecule has 1 aliphatic carbocycles. The largest absolute Gasteiger partial charge is 0.483 e. The lowest BCUT2D eigenvalue weighted by Gasteiger charge is -2.21. The third kappa shape index (κ3) is 3.97. The van der Waals surface area contributed by atoms with Crippen LogP contribution in [0.2, 0.25) is 0 Å². The maximum atomic E-state index is 13.2. The molecule has 18 heavy (non-hydrogen) atoms. The minimum Gasteiger partial charge on any atom is -0.483 e. The van der Waals surface area contributed by atoms with Crippen LogP contribution >= 0.6 is 0 Å². The van der Waals surface area contributed by atoms with Crippen LogP contribution in [0.4, 0.5) is 8.78 Å². The Hall–Kier alpha value is -1.12. The molecule has 0 aliphatic heterocycles. The summed E-state index contributed by atoms with van der Waals surface area (Å²) in [6.07, 6.45) is 8.55. The zero-order valence-corrected chi connectivity index (χ0v) is 10.5. The van der Waals surface area contributed by atoms with Crippen molar-refractivity contribution in [2.24, 2.45) is 5.92 Å². The van der Waals surface area contributed by atoms with Gasteiger partial charge >= 0.3 is 0 Å². The summed E-state index contributed by atoms with van der Waals surface area (Å²) < 4.78 is 31.1. The van der Waals surface area contributed by atoms with Crippen LogP contribution in [-0.4, -0.2) is 0 Å². The summed E-state index contributed by atoms with van der Waals surface area (Å²) in [5.41, 5.74) is 0. The Kier molecular flexibility index (Phi) is 4.97. The Labute approximate surface area is 107 Å². The van der Waals surface area contributed by atoms with E-state index >= 15 is 0 Å². The highest BCUT2D eigenvalue weighted by Gasteiger charge is 2.13. The van der Waals surface area contributed by atoms with E-state index in [1.54, 1.807) is 6.61 Å². The van der Waals surface area contributed by atoms with Crippen LogP contribution in [0.3, 0.4) is 0 Å². The molecule has 3 heteroatoms. The highest BCUT2D eigenvalue weighted by molar-refractivity contribution is 5.24. The molecule has 1 saturated carbocycles. The van der Waals surface area contributed by atoms with Crippen molar-refractivity contribution >= 4 is 0 Å².